The molecule has 0 heterocycles. The number of halogens is 1. The van der Waals surface area contributed by atoms with Crippen LogP contribution < -0.4 is 0 Å². The van der Waals surface area contributed by atoms with Gasteiger partial charge in [0, 0.05) is 21.5 Å². The minimum Gasteiger partial charge on any atom is -0.457 e. The SMILES string of the molecule is O=C(COC(=O)[C@H]1[C@H]2CC[C@H](C2)[C@@H]1C(=O)c1ccccc1)c1ccc(Br)cc1. The van der Waals surface area contributed by atoms with Crippen molar-refractivity contribution in [1.29, 1.82) is 0 Å². The maximum absolute atomic E-state index is 13.1. The summed E-state index contributed by atoms with van der Waals surface area (Å²) >= 11 is 3.33. The van der Waals surface area contributed by atoms with Gasteiger partial charge in [0.15, 0.2) is 18.2 Å². The van der Waals surface area contributed by atoms with Gasteiger partial charge in [0.05, 0.1) is 5.92 Å². The number of ketones is 2. The Morgan fingerprint density at radius 1 is 0.857 bits per heavy atom. The van der Waals surface area contributed by atoms with Gasteiger partial charge in [0.1, 0.15) is 0 Å². The number of rotatable bonds is 6. The summed E-state index contributed by atoms with van der Waals surface area (Å²) in [6, 6.07) is 16.1. The third-order valence-electron chi connectivity index (χ3n) is 6.06. The van der Waals surface area contributed by atoms with E-state index in [2.05, 4.69) is 15.9 Å². The van der Waals surface area contributed by atoms with Gasteiger partial charge in [-0.1, -0.05) is 58.4 Å². The van der Waals surface area contributed by atoms with Crippen LogP contribution in [0.4, 0.5) is 0 Å². The second kappa shape index (κ2) is 8.00. The van der Waals surface area contributed by atoms with Gasteiger partial charge in [0.25, 0.3) is 0 Å². The molecule has 0 aliphatic heterocycles. The van der Waals surface area contributed by atoms with Crippen molar-refractivity contribution in [3.05, 3.63) is 70.2 Å². The number of esters is 1. The van der Waals surface area contributed by atoms with Gasteiger partial charge in [-0.2, -0.15) is 0 Å². The molecule has 0 spiro atoms. The van der Waals surface area contributed by atoms with Crippen molar-refractivity contribution in [3.8, 4) is 0 Å². The fraction of sp³-hybridized carbons (Fsp3) is 0.348. The van der Waals surface area contributed by atoms with Gasteiger partial charge in [-0.05, 0) is 43.2 Å². The number of benzene rings is 2. The van der Waals surface area contributed by atoms with Gasteiger partial charge in [-0.15, -0.1) is 0 Å². The van der Waals surface area contributed by atoms with Crippen molar-refractivity contribution < 1.29 is 19.1 Å². The first-order valence-electron chi connectivity index (χ1n) is 9.59. The quantitative estimate of drug-likeness (QED) is 0.481. The van der Waals surface area contributed by atoms with E-state index in [1.165, 1.54) is 0 Å². The number of hydrogen-bond acceptors (Lipinski definition) is 4. The second-order valence-corrected chi connectivity index (χ2v) is 8.57. The molecule has 0 N–H and O–H groups in total. The summed E-state index contributed by atoms with van der Waals surface area (Å²) < 4.78 is 6.27. The molecule has 2 aliphatic rings. The molecule has 0 amide bonds. The maximum Gasteiger partial charge on any atom is 0.310 e. The van der Waals surface area contributed by atoms with Gasteiger partial charge < -0.3 is 4.74 Å². The molecule has 2 fully saturated rings. The third-order valence-corrected chi connectivity index (χ3v) is 6.59. The zero-order valence-corrected chi connectivity index (χ0v) is 16.9. The van der Waals surface area contributed by atoms with E-state index in [9.17, 15) is 14.4 Å². The predicted molar refractivity (Wildman–Crippen MR) is 108 cm³/mol. The van der Waals surface area contributed by atoms with E-state index in [0.717, 1.165) is 23.7 Å². The lowest BCUT2D eigenvalue weighted by Crippen LogP contribution is -2.36. The lowest BCUT2D eigenvalue weighted by Gasteiger charge is -2.28. The summed E-state index contributed by atoms with van der Waals surface area (Å²) in [5.41, 5.74) is 1.14. The van der Waals surface area contributed by atoms with Gasteiger partial charge in [-0.25, -0.2) is 0 Å². The zero-order chi connectivity index (χ0) is 19.7. The lowest BCUT2D eigenvalue weighted by molar-refractivity contribution is -0.150. The van der Waals surface area contributed by atoms with Gasteiger partial charge in [-0.3, -0.25) is 14.4 Å². The van der Waals surface area contributed by atoms with E-state index in [4.69, 9.17) is 4.74 Å². The monoisotopic (exact) mass is 440 g/mol. The van der Waals surface area contributed by atoms with E-state index in [1.807, 2.05) is 18.2 Å². The number of hydrogen-bond donors (Lipinski definition) is 0. The van der Waals surface area contributed by atoms with E-state index >= 15 is 0 Å². The fourth-order valence-electron chi connectivity index (χ4n) is 4.75. The molecular formula is C23H21BrO4. The van der Waals surface area contributed by atoms with E-state index in [1.54, 1.807) is 36.4 Å². The summed E-state index contributed by atoms with van der Waals surface area (Å²) in [7, 11) is 0. The highest BCUT2D eigenvalue weighted by molar-refractivity contribution is 9.10. The molecule has 5 heteroatoms. The number of fused-ring (bicyclic) bond motifs is 2. The van der Waals surface area contributed by atoms with Crippen LogP contribution >= 0.6 is 15.9 Å². The first-order valence-corrected chi connectivity index (χ1v) is 10.4. The molecule has 0 radical (unpaired) electrons. The van der Waals surface area contributed by atoms with Crippen molar-refractivity contribution in [2.45, 2.75) is 19.3 Å². The van der Waals surface area contributed by atoms with Crippen molar-refractivity contribution in [1.82, 2.24) is 0 Å². The third kappa shape index (κ3) is 3.68. The topological polar surface area (TPSA) is 60.4 Å². The molecule has 2 aromatic rings. The summed E-state index contributed by atoms with van der Waals surface area (Å²) in [6.45, 7) is -0.291. The Morgan fingerprint density at radius 3 is 2.18 bits per heavy atom. The Kier molecular flexibility index (Phi) is 5.44. The van der Waals surface area contributed by atoms with E-state index in [0.29, 0.717) is 11.1 Å². The van der Waals surface area contributed by atoms with Crippen molar-refractivity contribution in [2.24, 2.45) is 23.7 Å². The summed E-state index contributed by atoms with van der Waals surface area (Å²) in [6.07, 6.45) is 2.82. The van der Waals surface area contributed by atoms with Crippen LogP contribution in [0.25, 0.3) is 0 Å². The van der Waals surface area contributed by atoms with Gasteiger partial charge >= 0.3 is 5.97 Å². The van der Waals surface area contributed by atoms with Crippen LogP contribution in [0.2, 0.25) is 0 Å². The minimum absolute atomic E-state index is 0.0222. The molecule has 4 atom stereocenters. The van der Waals surface area contributed by atoms with Crippen LogP contribution in [0.3, 0.4) is 0 Å². The molecule has 2 bridgehead atoms. The minimum atomic E-state index is -0.441. The maximum atomic E-state index is 13.1. The molecule has 2 aliphatic carbocycles. The van der Waals surface area contributed by atoms with E-state index in [-0.39, 0.29) is 35.9 Å². The Hall–Kier alpha value is -2.27. The molecule has 28 heavy (non-hydrogen) atoms. The average Bonchev–Trinajstić information content (AvgIpc) is 3.34. The van der Waals surface area contributed by atoms with Crippen LogP contribution in [0, 0.1) is 23.7 Å². The van der Waals surface area contributed by atoms with E-state index < -0.39 is 11.9 Å². The van der Waals surface area contributed by atoms with Crippen LogP contribution in [0.5, 0.6) is 0 Å². The average molecular weight is 441 g/mol. The normalized spacial score (nSPS) is 25.5. The van der Waals surface area contributed by atoms with Crippen LogP contribution in [-0.2, 0) is 9.53 Å². The Bertz CT molecular complexity index is 891. The summed E-state index contributed by atoms with van der Waals surface area (Å²) in [5.74, 6) is -0.994. The molecular weight excluding hydrogens is 420 g/mol. The molecule has 4 nitrogen and oxygen atoms in total. The number of carbonyl (C=O) groups excluding carboxylic acids is 3. The van der Waals surface area contributed by atoms with Crippen molar-refractivity contribution >= 4 is 33.5 Å². The Labute approximate surface area is 172 Å². The molecule has 2 aromatic carbocycles. The van der Waals surface area contributed by atoms with Crippen LogP contribution in [0.15, 0.2) is 59.1 Å². The summed E-state index contributed by atoms with van der Waals surface area (Å²) in [4.78, 5) is 38.2. The Balaban J connectivity index is 1.45. The smallest absolute Gasteiger partial charge is 0.310 e. The summed E-state index contributed by atoms with van der Waals surface area (Å²) in [5, 5.41) is 0. The Morgan fingerprint density at radius 2 is 1.50 bits per heavy atom. The highest BCUT2D eigenvalue weighted by Gasteiger charge is 2.54. The molecule has 0 saturated heterocycles. The first kappa shape index (κ1) is 19.1. The molecule has 2 saturated carbocycles. The van der Waals surface area contributed by atoms with Crippen molar-refractivity contribution in [3.63, 3.8) is 0 Å². The predicted octanol–water partition coefficient (Wildman–Crippen LogP) is 4.72. The molecule has 0 unspecified atom stereocenters. The lowest BCUT2D eigenvalue weighted by atomic mass is 9.75. The number of carbonyl (C=O) groups is 3. The number of ether oxygens (including phenoxy) is 1. The van der Waals surface area contributed by atoms with Crippen LogP contribution in [-0.4, -0.2) is 24.1 Å². The fourth-order valence-corrected chi connectivity index (χ4v) is 5.02. The highest BCUT2D eigenvalue weighted by atomic mass is 79.9. The number of Topliss-reactive ketones (excluding diaryl/α,β-unsaturated/α-hetero) is 2. The molecule has 4 rings (SSSR count). The van der Waals surface area contributed by atoms with Gasteiger partial charge in [0.2, 0.25) is 0 Å². The second-order valence-electron chi connectivity index (χ2n) is 7.65. The standard InChI is InChI=1S/C23H21BrO4/c24-18-10-8-14(9-11-18)19(25)13-28-23(27)21-17-7-6-16(12-17)20(21)22(26)15-4-2-1-3-5-15/h1-5,8-11,16-17,20-21H,6-7,12-13H2/t16-,17+,20+,21+/m1/s1. The highest BCUT2D eigenvalue weighted by Crippen LogP contribution is 2.53. The zero-order valence-electron chi connectivity index (χ0n) is 15.3. The molecule has 144 valence electrons. The largest absolute Gasteiger partial charge is 0.457 e. The van der Waals surface area contributed by atoms with Crippen molar-refractivity contribution in [2.75, 3.05) is 6.61 Å². The molecule has 0 aromatic heterocycles. The van der Waals surface area contributed by atoms with Crippen LogP contribution in [0.1, 0.15) is 40.0 Å². The first-order chi connectivity index (χ1) is 13.5.